The van der Waals surface area contributed by atoms with E-state index in [1.54, 1.807) is 24.3 Å². The number of likely N-dealkylation sites (tertiary alicyclic amines) is 1. The fourth-order valence-corrected chi connectivity index (χ4v) is 2.31. The number of hydrogen-bond acceptors (Lipinski definition) is 2. The Balaban J connectivity index is 1.91. The predicted octanol–water partition coefficient (Wildman–Crippen LogP) is 2.30. The van der Waals surface area contributed by atoms with E-state index >= 15 is 0 Å². The highest BCUT2D eigenvalue weighted by atomic mass is 19.1. The number of amides is 1. The van der Waals surface area contributed by atoms with Gasteiger partial charge in [-0.15, -0.1) is 0 Å². The lowest BCUT2D eigenvalue weighted by Gasteiger charge is -2.20. The Bertz CT molecular complexity index is 524. The summed E-state index contributed by atoms with van der Waals surface area (Å²) in [6, 6.07) is 5.24. The number of aliphatic carboxylic acids is 1. The number of benzene rings is 1. The first kappa shape index (κ1) is 14.2. The highest BCUT2D eigenvalue weighted by molar-refractivity contribution is 5.85. The molecule has 4 nitrogen and oxygen atoms in total. The largest absolute Gasteiger partial charge is 0.480 e. The van der Waals surface area contributed by atoms with Crippen LogP contribution in [0.1, 0.15) is 24.8 Å². The highest BCUT2D eigenvalue weighted by Crippen LogP contribution is 2.18. The molecule has 1 saturated heterocycles. The second kappa shape index (κ2) is 6.32. The van der Waals surface area contributed by atoms with Gasteiger partial charge in [0.2, 0.25) is 5.91 Å². The Morgan fingerprint density at radius 1 is 1.35 bits per heavy atom. The van der Waals surface area contributed by atoms with Crippen LogP contribution < -0.4 is 0 Å². The van der Waals surface area contributed by atoms with Crippen LogP contribution in [0.4, 0.5) is 4.39 Å². The summed E-state index contributed by atoms with van der Waals surface area (Å²) in [4.78, 5) is 24.4. The number of carbonyl (C=O) groups is 2. The Kier molecular flexibility index (Phi) is 4.50. The average molecular weight is 277 g/mol. The molecule has 0 radical (unpaired) electrons. The maximum Gasteiger partial charge on any atom is 0.326 e. The fraction of sp³-hybridized carbons (Fsp3) is 0.333. The number of carbonyl (C=O) groups excluding carboxylic acids is 1. The van der Waals surface area contributed by atoms with Crippen LogP contribution in [0.5, 0.6) is 0 Å². The van der Waals surface area contributed by atoms with Gasteiger partial charge in [-0.05, 0) is 30.5 Å². The quantitative estimate of drug-likeness (QED) is 0.918. The summed E-state index contributed by atoms with van der Waals surface area (Å²) in [6.45, 7) is 0.500. The van der Waals surface area contributed by atoms with Crippen molar-refractivity contribution >= 4 is 18.0 Å². The van der Waals surface area contributed by atoms with E-state index in [1.807, 2.05) is 0 Å². The second-order valence-corrected chi connectivity index (χ2v) is 4.74. The number of carboxylic acids is 1. The van der Waals surface area contributed by atoms with E-state index in [2.05, 4.69) is 0 Å². The summed E-state index contributed by atoms with van der Waals surface area (Å²) >= 11 is 0. The third-order valence-corrected chi connectivity index (χ3v) is 3.33. The lowest BCUT2D eigenvalue weighted by atomic mass is 10.2. The second-order valence-electron chi connectivity index (χ2n) is 4.74. The summed E-state index contributed by atoms with van der Waals surface area (Å²) in [5, 5.41) is 9.01. The molecule has 1 N–H and O–H groups in total. The van der Waals surface area contributed by atoms with Crippen molar-refractivity contribution in [1.82, 2.24) is 4.90 Å². The maximum absolute atomic E-state index is 12.7. The molecule has 0 saturated carbocycles. The van der Waals surface area contributed by atoms with Crippen molar-refractivity contribution in [3.8, 4) is 0 Å². The van der Waals surface area contributed by atoms with E-state index < -0.39 is 12.0 Å². The van der Waals surface area contributed by atoms with Gasteiger partial charge in [0.25, 0.3) is 0 Å². The van der Waals surface area contributed by atoms with Crippen molar-refractivity contribution in [2.45, 2.75) is 25.3 Å². The summed E-state index contributed by atoms with van der Waals surface area (Å²) in [6.07, 6.45) is 4.80. The first-order chi connectivity index (χ1) is 9.58. The molecule has 1 fully saturated rings. The van der Waals surface area contributed by atoms with Crippen molar-refractivity contribution in [3.05, 3.63) is 41.7 Å². The van der Waals surface area contributed by atoms with E-state index in [9.17, 15) is 14.0 Å². The molecule has 1 amide bonds. The van der Waals surface area contributed by atoms with Crippen molar-refractivity contribution in [2.75, 3.05) is 6.54 Å². The van der Waals surface area contributed by atoms with Crippen LogP contribution in [0.25, 0.3) is 6.08 Å². The Labute approximate surface area is 116 Å². The topological polar surface area (TPSA) is 57.6 Å². The normalized spacial score (nSPS) is 18.6. The first-order valence-corrected chi connectivity index (χ1v) is 6.52. The number of carboxylic acid groups (broad SMARTS) is 1. The molecule has 1 heterocycles. The van der Waals surface area contributed by atoms with E-state index in [0.717, 1.165) is 12.0 Å². The highest BCUT2D eigenvalue weighted by Gasteiger charge is 2.33. The lowest BCUT2D eigenvalue weighted by Crippen LogP contribution is -2.40. The van der Waals surface area contributed by atoms with Crippen LogP contribution in [0.15, 0.2) is 30.3 Å². The van der Waals surface area contributed by atoms with Gasteiger partial charge in [-0.1, -0.05) is 24.3 Å². The number of halogens is 1. The molecule has 1 aromatic carbocycles. The number of nitrogens with zero attached hydrogens (tertiary/aromatic N) is 1. The fourth-order valence-electron chi connectivity index (χ4n) is 2.31. The van der Waals surface area contributed by atoms with Gasteiger partial charge in [0.1, 0.15) is 11.9 Å². The van der Waals surface area contributed by atoms with Gasteiger partial charge >= 0.3 is 5.97 Å². The van der Waals surface area contributed by atoms with Crippen LogP contribution in [-0.4, -0.2) is 34.5 Å². The summed E-state index contributed by atoms with van der Waals surface area (Å²) in [5.74, 6) is -1.44. The van der Waals surface area contributed by atoms with Crippen LogP contribution in [0.3, 0.4) is 0 Å². The molecule has 1 aliphatic rings. The Hall–Kier alpha value is -2.17. The minimum atomic E-state index is -0.946. The molecule has 1 atom stereocenters. The molecular formula is C15H16FNO3. The summed E-state index contributed by atoms with van der Waals surface area (Å²) in [7, 11) is 0. The van der Waals surface area contributed by atoms with Gasteiger partial charge in [0.05, 0.1) is 0 Å². The zero-order chi connectivity index (χ0) is 14.5. The molecule has 1 aromatic rings. The third-order valence-electron chi connectivity index (χ3n) is 3.33. The SMILES string of the molecule is O=C(O)[C@@H]1CCCN1C(=O)C/C=C/c1ccc(F)cc1. The molecule has 20 heavy (non-hydrogen) atoms. The van der Waals surface area contributed by atoms with E-state index in [-0.39, 0.29) is 18.1 Å². The number of hydrogen-bond donors (Lipinski definition) is 1. The van der Waals surface area contributed by atoms with Crippen LogP contribution in [0, 0.1) is 5.82 Å². The lowest BCUT2D eigenvalue weighted by molar-refractivity contribution is -0.147. The maximum atomic E-state index is 12.7. The average Bonchev–Trinajstić information content (AvgIpc) is 2.90. The van der Waals surface area contributed by atoms with Crippen molar-refractivity contribution < 1.29 is 19.1 Å². The van der Waals surface area contributed by atoms with Crippen molar-refractivity contribution in [3.63, 3.8) is 0 Å². The van der Waals surface area contributed by atoms with Gasteiger partial charge < -0.3 is 10.0 Å². The summed E-state index contributed by atoms with van der Waals surface area (Å²) in [5.41, 5.74) is 0.801. The molecule has 0 bridgehead atoms. The standard InChI is InChI=1S/C15H16FNO3/c16-12-8-6-11(7-9-12)3-1-5-14(18)17-10-2-4-13(17)15(19)20/h1,3,6-9,13H,2,4-5,10H2,(H,19,20)/b3-1+/t13-/m0/s1. The molecule has 5 heteroatoms. The smallest absolute Gasteiger partial charge is 0.326 e. The third kappa shape index (κ3) is 3.44. The zero-order valence-corrected chi connectivity index (χ0v) is 11.0. The van der Waals surface area contributed by atoms with E-state index in [1.165, 1.54) is 17.0 Å². The van der Waals surface area contributed by atoms with Gasteiger partial charge in [-0.2, -0.15) is 0 Å². The van der Waals surface area contributed by atoms with Gasteiger partial charge in [0.15, 0.2) is 0 Å². The monoisotopic (exact) mass is 277 g/mol. The van der Waals surface area contributed by atoms with Gasteiger partial charge in [-0.25, -0.2) is 9.18 Å². The molecule has 0 unspecified atom stereocenters. The first-order valence-electron chi connectivity index (χ1n) is 6.52. The molecule has 106 valence electrons. The Morgan fingerprint density at radius 3 is 2.70 bits per heavy atom. The number of rotatable bonds is 4. The molecule has 0 aromatic heterocycles. The van der Waals surface area contributed by atoms with Gasteiger partial charge in [0, 0.05) is 13.0 Å². The minimum Gasteiger partial charge on any atom is -0.480 e. The van der Waals surface area contributed by atoms with Crippen LogP contribution >= 0.6 is 0 Å². The van der Waals surface area contributed by atoms with Crippen LogP contribution in [0.2, 0.25) is 0 Å². The van der Waals surface area contributed by atoms with Crippen LogP contribution in [-0.2, 0) is 9.59 Å². The van der Waals surface area contributed by atoms with E-state index in [4.69, 9.17) is 5.11 Å². The summed E-state index contributed by atoms with van der Waals surface area (Å²) < 4.78 is 12.7. The molecule has 0 aliphatic carbocycles. The van der Waals surface area contributed by atoms with Gasteiger partial charge in [-0.3, -0.25) is 4.79 Å². The molecular weight excluding hydrogens is 261 g/mol. The van der Waals surface area contributed by atoms with Crippen molar-refractivity contribution in [2.24, 2.45) is 0 Å². The zero-order valence-electron chi connectivity index (χ0n) is 11.0. The van der Waals surface area contributed by atoms with Crippen molar-refractivity contribution in [1.29, 1.82) is 0 Å². The molecule has 0 spiro atoms. The predicted molar refractivity (Wildman–Crippen MR) is 72.4 cm³/mol. The van der Waals surface area contributed by atoms with E-state index in [0.29, 0.717) is 13.0 Å². The molecule has 2 rings (SSSR count). The Morgan fingerprint density at radius 2 is 2.05 bits per heavy atom. The minimum absolute atomic E-state index is 0.154. The molecule has 1 aliphatic heterocycles.